The van der Waals surface area contributed by atoms with Crippen LogP contribution in [0.2, 0.25) is 0 Å². The molecule has 0 unspecified atom stereocenters. The van der Waals surface area contributed by atoms with Gasteiger partial charge in [0.25, 0.3) is 0 Å². The number of hydrogen-bond donors (Lipinski definition) is 1. The number of nitrogens with one attached hydrogen (secondary N) is 1. The lowest BCUT2D eigenvalue weighted by Gasteiger charge is -2.13. The van der Waals surface area contributed by atoms with E-state index in [1.807, 2.05) is 18.2 Å². The first-order valence-corrected chi connectivity index (χ1v) is 7.00. The third-order valence-electron chi connectivity index (χ3n) is 3.66. The molecule has 0 atom stereocenters. The molecule has 0 saturated carbocycles. The van der Waals surface area contributed by atoms with E-state index in [0.717, 1.165) is 23.6 Å². The number of rotatable bonds is 3. The lowest BCUT2D eigenvalue weighted by Crippen LogP contribution is -2.01. The molecule has 0 aliphatic carbocycles. The van der Waals surface area contributed by atoms with Crippen LogP contribution < -0.4 is 5.32 Å². The first kappa shape index (κ1) is 12.7. The van der Waals surface area contributed by atoms with Gasteiger partial charge in [-0.15, -0.1) is 0 Å². The van der Waals surface area contributed by atoms with Gasteiger partial charge in [0.2, 0.25) is 0 Å². The molecule has 1 N–H and O–H groups in total. The second kappa shape index (κ2) is 5.00. The summed E-state index contributed by atoms with van der Waals surface area (Å²) in [6.07, 6.45) is 2.96. The third kappa shape index (κ3) is 2.05. The van der Waals surface area contributed by atoms with Crippen LogP contribution in [0.1, 0.15) is 23.7 Å². The number of pyridine rings is 1. The van der Waals surface area contributed by atoms with E-state index < -0.39 is 0 Å². The Bertz CT molecular complexity index is 736. The van der Waals surface area contributed by atoms with Crippen LogP contribution in [-0.4, -0.2) is 9.38 Å². The van der Waals surface area contributed by atoms with Gasteiger partial charge in [-0.3, -0.25) is 4.40 Å². The number of anilines is 2. The van der Waals surface area contributed by atoms with E-state index in [0.29, 0.717) is 0 Å². The molecule has 3 aromatic rings. The SMILES string of the molecule is CCc1nc2ccccn2c1Nc1c(C)cccc1C. The monoisotopic (exact) mass is 265 g/mol. The number of nitrogens with zero attached hydrogens (tertiary/aromatic N) is 2. The van der Waals surface area contributed by atoms with Gasteiger partial charge in [0.15, 0.2) is 0 Å². The van der Waals surface area contributed by atoms with Crippen molar-refractivity contribution in [2.24, 2.45) is 0 Å². The van der Waals surface area contributed by atoms with Crippen molar-refractivity contribution >= 4 is 17.2 Å². The van der Waals surface area contributed by atoms with Gasteiger partial charge in [-0.1, -0.05) is 31.2 Å². The summed E-state index contributed by atoms with van der Waals surface area (Å²) in [4.78, 5) is 4.69. The summed E-state index contributed by atoms with van der Waals surface area (Å²) < 4.78 is 2.12. The van der Waals surface area contributed by atoms with Crippen molar-refractivity contribution in [1.29, 1.82) is 0 Å². The fraction of sp³-hybridized carbons (Fsp3) is 0.235. The molecule has 2 aromatic heterocycles. The summed E-state index contributed by atoms with van der Waals surface area (Å²) in [6.45, 7) is 6.39. The van der Waals surface area contributed by atoms with Crippen LogP contribution in [0.4, 0.5) is 11.5 Å². The topological polar surface area (TPSA) is 29.3 Å². The van der Waals surface area contributed by atoms with Crippen LogP contribution in [-0.2, 0) is 6.42 Å². The smallest absolute Gasteiger partial charge is 0.138 e. The third-order valence-corrected chi connectivity index (χ3v) is 3.66. The molecule has 3 nitrogen and oxygen atoms in total. The molecule has 0 aliphatic heterocycles. The number of para-hydroxylation sites is 1. The van der Waals surface area contributed by atoms with Crippen LogP contribution >= 0.6 is 0 Å². The van der Waals surface area contributed by atoms with Crippen LogP contribution in [0.25, 0.3) is 5.65 Å². The number of benzene rings is 1. The van der Waals surface area contributed by atoms with E-state index in [1.54, 1.807) is 0 Å². The molecule has 0 amide bonds. The molecule has 0 aliphatic rings. The Morgan fingerprint density at radius 3 is 2.50 bits per heavy atom. The highest BCUT2D eigenvalue weighted by Gasteiger charge is 2.12. The van der Waals surface area contributed by atoms with Crippen LogP contribution in [0.5, 0.6) is 0 Å². The Kier molecular flexibility index (Phi) is 3.18. The number of fused-ring (bicyclic) bond motifs is 1. The van der Waals surface area contributed by atoms with Crippen LogP contribution in [0.3, 0.4) is 0 Å². The Balaban J connectivity index is 2.15. The second-order valence-corrected chi connectivity index (χ2v) is 5.08. The molecule has 0 saturated heterocycles. The molecular weight excluding hydrogens is 246 g/mol. The Hall–Kier alpha value is -2.29. The highest BCUT2D eigenvalue weighted by molar-refractivity contribution is 5.68. The molecule has 1 aromatic carbocycles. The molecule has 2 heterocycles. The Morgan fingerprint density at radius 2 is 1.80 bits per heavy atom. The Labute approximate surface area is 119 Å². The van der Waals surface area contributed by atoms with Gasteiger partial charge in [-0.2, -0.15) is 0 Å². The summed E-state index contributed by atoms with van der Waals surface area (Å²) >= 11 is 0. The molecule has 3 heteroatoms. The van der Waals surface area contributed by atoms with Gasteiger partial charge in [0.05, 0.1) is 5.69 Å². The maximum Gasteiger partial charge on any atom is 0.138 e. The zero-order valence-corrected chi connectivity index (χ0v) is 12.1. The number of aryl methyl sites for hydroxylation is 3. The van der Waals surface area contributed by atoms with Crippen molar-refractivity contribution < 1.29 is 0 Å². The standard InChI is InChI=1S/C17H19N3/c1-4-14-17(20-11-6-5-10-15(20)18-14)19-16-12(2)8-7-9-13(16)3/h5-11,19H,4H2,1-3H3. The molecule has 0 radical (unpaired) electrons. The van der Waals surface area contributed by atoms with Crippen LogP contribution in [0.15, 0.2) is 42.6 Å². The van der Waals surface area contributed by atoms with Gasteiger partial charge in [0, 0.05) is 11.9 Å². The highest BCUT2D eigenvalue weighted by Crippen LogP contribution is 2.27. The number of imidazole rings is 1. The minimum absolute atomic E-state index is 0.912. The van der Waals surface area contributed by atoms with Crippen LogP contribution in [0, 0.1) is 13.8 Å². The zero-order valence-electron chi connectivity index (χ0n) is 12.1. The normalized spacial score (nSPS) is 10.9. The Morgan fingerprint density at radius 1 is 1.05 bits per heavy atom. The molecule has 3 rings (SSSR count). The van der Waals surface area contributed by atoms with Gasteiger partial charge >= 0.3 is 0 Å². The minimum atomic E-state index is 0.912. The van der Waals surface area contributed by atoms with E-state index >= 15 is 0 Å². The first-order valence-electron chi connectivity index (χ1n) is 7.00. The lowest BCUT2D eigenvalue weighted by atomic mass is 10.1. The highest BCUT2D eigenvalue weighted by atomic mass is 15.1. The quantitative estimate of drug-likeness (QED) is 0.766. The van der Waals surface area contributed by atoms with Crippen molar-refractivity contribution in [3.63, 3.8) is 0 Å². The van der Waals surface area contributed by atoms with Gasteiger partial charge in [-0.25, -0.2) is 4.98 Å². The molecule has 0 spiro atoms. The largest absolute Gasteiger partial charge is 0.339 e. The molecule has 0 bridgehead atoms. The van der Waals surface area contributed by atoms with E-state index in [4.69, 9.17) is 0 Å². The van der Waals surface area contributed by atoms with E-state index in [2.05, 4.69) is 59.9 Å². The van der Waals surface area contributed by atoms with Crippen molar-refractivity contribution in [2.45, 2.75) is 27.2 Å². The molecule has 20 heavy (non-hydrogen) atoms. The average molecular weight is 265 g/mol. The summed E-state index contributed by atoms with van der Waals surface area (Å²) in [5, 5.41) is 3.58. The van der Waals surface area contributed by atoms with E-state index in [-0.39, 0.29) is 0 Å². The van der Waals surface area contributed by atoms with Crippen molar-refractivity contribution in [3.05, 3.63) is 59.4 Å². The summed E-state index contributed by atoms with van der Waals surface area (Å²) in [7, 11) is 0. The summed E-state index contributed by atoms with van der Waals surface area (Å²) in [5.74, 6) is 1.07. The zero-order chi connectivity index (χ0) is 14.1. The van der Waals surface area contributed by atoms with Gasteiger partial charge in [-0.05, 0) is 43.5 Å². The lowest BCUT2D eigenvalue weighted by molar-refractivity contribution is 1.07. The van der Waals surface area contributed by atoms with Crippen molar-refractivity contribution in [1.82, 2.24) is 9.38 Å². The fourth-order valence-electron chi connectivity index (χ4n) is 2.55. The van der Waals surface area contributed by atoms with Crippen molar-refractivity contribution in [2.75, 3.05) is 5.32 Å². The predicted molar refractivity (Wildman–Crippen MR) is 83.8 cm³/mol. The van der Waals surface area contributed by atoms with Gasteiger partial charge < -0.3 is 5.32 Å². The number of aromatic nitrogens is 2. The maximum absolute atomic E-state index is 4.69. The van der Waals surface area contributed by atoms with E-state index in [1.165, 1.54) is 16.8 Å². The van der Waals surface area contributed by atoms with Crippen molar-refractivity contribution in [3.8, 4) is 0 Å². The molecule has 0 fully saturated rings. The molecular formula is C17H19N3. The van der Waals surface area contributed by atoms with Gasteiger partial charge in [0.1, 0.15) is 11.5 Å². The summed E-state index contributed by atoms with van der Waals surface area (Å²) in [5.41, 5.74) is 5.75. The minimum Gasteiger partial charge on any atom is -0.339 e. The van der Waals surface area contributed by atoms with E-state index in [9.17, 15) is 0 Å². The maximum atomic E-state index is 4.69. The fourth-order valence-corrected chi connectivity index (χ4v) is 2.55. The second-order valence-electron chi connectivity index (χ2n) is 5.08. The number of hydrogen-bond acceptors (Lipinski definition) is 2. The first-order chi connectivity index (χ1) is 9.70. The molecule has 102 valence electrons. The average Bonchev–Trinajstić information content (AvgIpc) is 2.81. The predicted octanol–water partition coefficient (Wildman–Crippen LogP) is 4.26. The summed E-state index contributed by atoms with van der Waals surface area (Å²) in [6, 6.07) is 12.4.